The van der Waals surface area contributed by atoms with E-state index in [2.05, 4.69) is 24.1 Å². The van der Waals surface area contributed by atoms with E-state index >= 15 is 0 Å². The second-order valence-electron chi connectivity index (χ2n) is 6.01. The molecule has 0 unspecified atom stereocenters. The topological polar surface area (TPSA) is 51.2 Å². The van der Waals surface area contributed by atoms with Crippen molar-refractivity contribution in [3.05, 3.63) is 10.6 Å². The molecule has 0 aromatic carbocycles. The number of nitrogens with one attached hydrogen (secondary N) is 1. The van der Waals surface area contributed by atoms with Gasteiger partial charge in [-0.1, -0.05) is 25.2 Å². The molecule has 19 heavy (non-hydrogen) atoms. The van der Waals surface area contributed by atoms with Gasteiger partial charge in [0.15, 0.2) is 5.13 Å². The quantitative estimate of drug-likeness (QED) is 0.860. The fourth-order valence-corrected chi connectivity index (χ4v) is 3.42. The molecule has 1 aliphatic rings. The Bertz CT molecular complexity index is 458. The van der Waals surface area contributed by atoms with E-state index in [1.807, 2.05) is 6.92 Å². The van der Waals surface area contributed by atoms with Crippen molar-refractivity contribution in [3.63, 3.8) is 0 Å². The Kier molecular flexibility index (Phi) is 4.13. The van der Waals surface area contributed by atoms with Crippen LogP contribution in [0.15, 0.2) is 0 Å². The average Bonchev–Trinajstić information content (AvgIpc) is 2.72. The van der Waals surface area contributed by atoms with Crippen LogP contribution >= 0.6 is 11.3 Å². The lowest BCUT2D eigenvalue weighted by molar-refractivity contribution is 0.0605. The van der Waals surface area contributed by atoms with Crippen molar-refractivity contribution >= 4 is 22.4 Å². The molecule has 0 saturated heterocycles. The number of carbonyl (C=O) groups is 1. The van der Waals surface area contributed by atoms with Crippen LogP contribution in [-0.4, -0.2) is 24.1 Å². The molecule has 1 heterocycles. The molecule has 2 rings (SSSR count). The standard InChI is InChI=1S/C14H22N2O2S/c1-9-11(12(17)18-4)19-13(15-9)16-10-5-7-14(2,3)8-6-10/h10H,5-8H2,1-4H3,(H,15,16). The molecule has 106 valence electrons. The first kappa shape index (κ1) is 14.3. The Balaban J connectivity index is 1.99. The van der Waals surface area contributed by atoms with Gasteiger partial charge in [-0.15, -0.1) is 0 Å². The smallest absolute Gasteiger partial charge is 0.350 e. The number of aromatic nitrogens is 1. The Morgan fingerprint density at radius 3 is 2.63 bits per heavy atom. The summed E-state index contributed by atoms with van der Waals surface area (Å²) in [5, 5.41) is 4.29. The van der Waals surface area contributed by atoms with Crippen LogP contribution < -0.4 is 5.32 Å². The lowest BCUT2D eigenvalue weighted by Crippen LogP contribution is -2.29. The Labute approximate surface area is 118 Å². The first-order valence-electron chi connectivity index (χ1n) is 6.73. The highest BCUT2D eigenvalue weighted by molar-refractivity contribution is 7.17. The maximum Gasteiger partial charge on any atom is 0.350 e. The summed E-state index contributed by atoms with van der Waals surface area (Å²) < 4.78 is 4.75. The van der Waals surface area contributed by atoms with E-state index in [0.717, 1.165) is 10.8 Å². The van der Waals surface area contributed by atoms with Crippen molar-refractivity contribution in [3.8, 4) is 0 Å². The van der Waals surface area contributed by atoms with Gasteiger partial charge < -0.3 is 10.1 Å². The Hall–Kier alpha value is -1.10. The summed E-state index contributed by atoms with van der Waals surface area (Å²) >= 11 is 1.39. The van der Waals surface area contributed by atoms with E-state index in [1.54, 1.807) is 0 Å². The minimum Gasteiger partial charge on any atom is -0.465 e. The third-order valence-electron chi connectivity index (χ3n) is 3.83. The largest absolute Gasteiger partial charge is 0.465 e. The van der Waals surface area contributed by atoms with Crippen LogP contribution in [0.4, 0.5) is 5.13 Å². The van der Waals surface area contributed by atoms with E-state index in [1.165, 1.54) is 44.1 Å². The number of thiazole rings is 1. The lowest BCUT2D eigenvalue weighted by atomic mass is 9.76. The van der Waals surface area contributed by atoms with E-state index in [9.17, 15) is 4.79 Å². The maximum absolute atomic E-state index is 11.5. The summed E-state index contributed by atoms with van der Waals surface area (Å²) in [6.07, 6.45) is 4.80. The second kappa shape index (κ2) is 5.49. The molecule has 0 aliphatic heterocycles. The predicted octanol–water partition coefficient (Wildman–Crippen LogP) is 3.62. The zero-order valence-corrected chi connectivity index (χ0v) is 12.9. The van der Waals surface area contributed by atoms with Gasteiger partial charge in [0, 0.05) is 6.04 Å². The molecule has 1 saturated carbocycles. The molecule has 1 N–H and O–H groups in total. The van der Waals surface area contributed by atoms with Crippen LogP contribution in [0.2, 0.25) is 0 Å². The number of hydrogen-bond donors (Lipinski definition) is 1. The zero-order valence-electron chi connectivity index (χ0n) is 12.1. The van der Waals surface area contributed by atoms with Crippen LogP contribution in [0, 0.1) is 12.3 Å². The highest BCUT2D eigenvalue weighted by Gasteiger charge is 2.27. The van der Waals surface area contributed by atoms with Crippen LogP contribution in [0.5, 0.6) is 0 Å². The van der Waals surface area contributed by atoms with E-state index in [-0.39, 0.29) is 5.97 Å². The van der Waals surface area contributed by atoms with Gasteiger partial charge in [0.05, 0.1) is 12.8 Å². The van der Waals surface area contributed by atoms with Gasteiger partial charge in [0.1, 0.15) is 4.88 Å². The average molecular weight is 282 g/mol. The number of methoxy groups -OCH3 is 1. The number of esters is 1. The summed E-state index contributed by atoms with van der Waals surface area (Å²) in [5.41, 5.74) is 1.21. The summed E-state index contributed by atoms with van der Waals surface area (Å²) in [4.78, 5) is 16.6. The van der Waals surface area contributed by atoms with Gasteiger partial charge in [-0.25, -0.2) is 9.78 Å². The van der Waals surface area contributed by atoms with E-state index in [4.69, 9.17) is 4.74 Å². The maximum atomic E-state index is 11.5. The summed E-state index contributed by atoms with van der Waals surface area (Å²) in [6, 6.07) is 0.476. The van der Waals surface area contributed by atoms with Crippen molar-refractivity contribution in [1.29, 1.82) is 0 Å². The monoisotopic (exact) mass is 282 g/mol. The third kappa shape index (κ3) is 3.47. The number of anilines is 1. The first-order valence-corrected chi connectivity index (χ1v) is 7.55. The molecule has 0 bridgehead atoms. The zero-order chi connectivity index (χ0) is 14.0. The molecule has 1 aliphatic carbocycles. The number of hydrogen-bond acceptors (Lipinski definition) is 5. The molecule has 5 heteroatoms. The van der Waals surface area contributed by atoms with E-state index in [0.29, 0.717) is 16.3 Å². The van der Waals surface area contributed by atoms with Crippen LogP contribution in [-0.2, 0) is 4.74 Å². The Morgan fingerprint density at radius 1 is 1.42 bits per heavy atom. The molecular weight excluding hydrogens is 260 g/mol. The fourth-order valence-electron chi connectivity index (χ4n) is 2.46. The molecule has 0 atom stereocenters. The van der Waals surface area contributed by atoms with Gasteiger partial charge in [-0.05, 0) is 38.0 Å². The predicted molar refractivity (Wildman–Crippen MR) is 77.9 cm³/mol. The molecule has 4 nitrogen and oxygen atoms in total. The summed E-state index contributed by atoms with van der Waals surface area (Å²) in [5.74, 6) is -0.298. The van der Waals surface area contributed by atoms with Gasteiger partial charge in [-0.2, -0.15) is 0 Å². The van der Waals surface area contributed by atoms with Crippen LogP contribution in [0.1, 0.15) is 54.9 Å². The first-order chi connectivity index (χ1) is 8.91. The number of ether oxygens (including phenoxy) is 1. The van der Waals surface area contributed by atoms with Gasteiger partial charge in [-0.3, -0.25) is 0 Å². The third-order valence-corrected chi connectivity index (χ3v) is 4.90. The number of aryl methyl sites for hydroxylation is 1. The minimum atomic E-state index is -0.298. The molecule has 1 aromatic heterocycles. The molecule has 0 amide bonds. The van der Waals surface area contributed by atoms with Crippen LogP contribution in [0.25, 0.3) is 0 Å². The van der Waals surface area contributed by atoms with Crippen molar-refractivity contribution < 1.29 is 9.53 Å². The lowest BCUT2D eigenvalue weighted by Gasteiger charge is -2.34. The SMILES string of the molecule is COC(=O)c1sc(NC2CCC(C)(C)CC2)nc1C. The molecular formula is C14H22N2O2S. The van der Waals surface area contributed by atoms with Crippen LogP contribution in [0.3, 0.4) is 0 Å². The minimum absolute atomic E-state index is 0.298. The molecule has 1 fully saturated rings. The number of carbonyl (C=O) groups excluding carboxylic acids is 1. The summed E-state index contributed by atoms with van der Waals surface area (Å²) in [6.45, 7) is 6.50. The Morgan fingerprint density at radius 2 is 2.05 bits per heavy atom. The number of rotatable bonds is 3. The van der Waals surface area contributed by atoms with Gasteiger partial charge >= 0.3 is 5.97 Å². The van der Waals surface area contributed by atoms with Gasteiger partial charge in [0.25, 0.3) is 0 Å². The fraction of sp³-hybridized carbons (Fsp3) is 0.714. The van der Waals surface area contributed by atoms with Crippen molar-refractivity contribution in [2.45, 2.75) is 52.5 Å². The van der Waals surface area contributed by atoms with Gasteiger partial charge in [0.2, 0.25) is 0 Å². The number of nitrogens with zero attached hydrogens (tertiary/aromatic N) is 1. The van der Waals surface area contributed by atoms with Crippen molar-refractivity contribution in [2.75, 3.05) is 12.4 Å². The second-order valence-corrected chi connectivity index (χ2v) is 7.01. The van der Waals surface area contributed by atoms with Crippen molar-refractivity contribution in [2.24, 2.45) is 5.41 Å². The highest BCUT2D eigenvalue weighted by Crippen LogP contribution is 2.36. The summed E-state index contributed by atoms with van der Waals surface area (Å²) in [7, 11) is 1.40. The molecule has 0 spiro atoms. The molecule has 0 radical (unpaired) electrons. The highest BCUT2D eigenvalue weighted by atomic mass is 32.1. The van der Waals surface area contributed by atoms with E-state index < -0.39 is 0 Å². The van der Waals surface area contributed by atoms with Crippen molar-refractivity contribution in [1.82, 2.24) is 4.98 Å². The normalized spacial score (nSPS) is 19.2. The molecule has 1 aromatic rings.